The minimum Gasteiger partial charge on any atom is -0.273 e. The first-order valence-electron chi connectivity index (χ1n) is 11.4. The van der Waals surface area contributed by atoms with Gasteiger partial charge in [-0.25, -0.2) is 9.96 Å². The van der Waals surface area contributed by atoms with Crippen molar-refractivity contribution < 1.29 is 19.3 Å². The number of amides is 2. The first kappa shape index (κ1) is 23.4. The summed E-state index contributed by atoms with van der Waals surface area (Å²) in [4.78, 5) is 46.8. The quantitative estimate of drug-likeness (QED) is 0.177. The van der Waals surface area contributed by atoms with Crippen molar-refractivity contribution in [2.75, 3.05) is 9.96 Å². The first-order chi connectivity index (χ1) is 17.9. The molecule has 0 saturated carbocycles. The van der Waals surface area contributed by atoms with Crippen LogP contribution >= 0.6 is 22.9 Å². The van der Waals surface area contributed by atoms with E-state index in [2.05, 4.69) is 0 Å². The number of hydrogen-bond donors (Lipinski definition) is 0. The van der Waals surface area contributed by atoms with Crippen molar-refractivity contribution in [2.45, 2.75) is 12.1 Å². The normalized spacial score (nSPS) is 20.9. The van der Waals surface area contributed by atoms with Gasteiger partial charge in [0.15, 0.2) is 6.10 Å². The second kappa shape index (κ2) is 9.11. The van der Waals surface area contributed by atoms with Crippen molar-refractivity contribution in [3.63, 3.8) is 0 Å². The molecule has 0 unspecified atom stereocenters. The number of nitrogens with zero attached hydrogens (tertiary/aromatic N) is 3. The molecular formula is C27H18ClN3O5S. The van der Waals surface area contributed by atoms with Crippen LogP contribution in [0.4, 0.5) is 17.1 Å². The van der Waals surface area contributed by atoms with Crippen LogP contribution in [0, 0.1) is 16.0 Å². The molecule has 8 nitrogen and oxygen atoms in total. The van der Waals surface area contributed by atoms with Gasteiger partial charge in [-0.15, -0.1) is 11.3 Å². The zero-order valence-corrected chi connectivity index (χ0v) is 20.6. The van der Waals surface area contributed by atoms with Crippen LogP contribution in [0.1, 0.15) is 10.9 Å². The van der Waals surface area contributed by atoms with Crippen LogP contribution in [-0.2, 0) is 14.4 Å². The van der Waals surface area contributed by atoms with E-state index in [-0.39, 0.29) is 11.6 Å². The van der Waals surface area contributed by atoms with Gasteiger partial charge >= 0.3 is 0 Å². The number of fused-ring (bicyclic) bond motifs is 1. The Labute approximate surface area is 220 Å². The number of carbonyl (C=O) groups is 2. The smallest absolute Gasteiger partial charge is 0.269 e. The maximum atomic E-state index is 13.7. The van der Waals surface area contributed by atoms with Crippen LogP contribution in [0.2, 0.25) is 5.02 Å². The van der Waals surface area contributed by atoms with E-state index in [0.717, 1.165) is 21.0 Å². The molecule has 2 amide bonds. The zero-order chi connectivity index (χ0) is 25.7. The molecule has 0 aliphatic carbocycles. The van der Waals surface area contributed by atoms with Gasteiger partial charge in [-0.2, -0.15) is 0 Å². The van der Waals surface area contributed by atoms with Gasteiger partial charge < -0.3 is 0 Å². The zero-order valence-electron chi connectivity index (χ0n) is 19.1. The van der Waals surface area contributed by atoms with Crippen LogP contribution in [0.5, 0.6) is 0 Å². The Morgan fingerprint density at radius 2 is 1.54 bits per heavy atom. The van der Waals surface area contributed by atoms with Crippen molar-refractivity contribution in [1.82, 2.24) is 0 Å². The number of para-hydroxylation sites is 1. The molecule has 3 atom stereocenters. The van der Waals surface area contributed by atoms with Gasteiger partial charge in [0.2, 0.25) is 5.91 Å². The predicted molar refractivity (Wildman–Crippen MR) is 140 cm³/mol. The highest BCUT2D eigenvalue weighted by Gasteiger charge is 2.60. The lowest BCUT2D eigenvalue weighted by atomic mass is 9.95. The predicted octanol–water partition coefficient (Wildman–Crippen LogP) is 6.03. The molecule has 1 aromatic heterocycles. The molecular weight excluding hydrogens is 514 g/mol. The number of hydroxylamine groups is 1. The molecule has 2 fully saturated rings. The SMILES string of the molecule is O=C1[C@@H]2[C@H](ON(c3ccccc3)[C@@H]2c2ccc(-c3ccc([N+](=O)[O-])cc3)s2)C(=O)N1c1ccc(Cl)cc1. The number of anilines is 2. The number of halogens is 1. The molecule has 2 saturated heterocycles. The Morgan fingerprint density at radius 3 is 2.22 bits per heavy atom. The fourth-order valence-electron chi connectivity index (χ4n) is 4.76. The summed E-state index contributed by atoms with van der Waals surface area (Å²) in [5.74, 6) is -1.52. The molecule has 2 aliphatic rings. The van der Waals surface area contributed by atoms with Crippen molar-refractivity contribution in [2.24, 2.45) is 5.92 Å². The van der Waals surface area contributed by atoms with Crippen LogP contribution in [0.25, 0.3) is 10.4 Å². The van der Waals surface area contributed by atoms with E-state index in [1.165, 1.54) is 28.4 Å². The van der Waals surface area contributed by atoms with Crippen LogP contribution in [-0.4, -0.2) is 22.8 Å². The Hall–Kier alpha value is -4.05. The van der Waals surface area contributed by atoms with Crippen LogP contribution in [0.15, 0.2) is 91.0 Å². The molecule has 0 radical (unpaired) electrons. The van der Waals surface area contributed by atoms with E-state index in [0.29, 0.717) is 10.7 Å². The molecule has 0 N–H and O–H groups in total. The fraction of sp³-hybridized carbons (Fsp3) is 0.111. The second-order valence-electron chi connectivity index (χ2n) is 8.65. The van der Waals surface area contributed by atoms with E-state index in [4.69, 9.17) is 16.4 Å². The van der Waals surface area contributed by atoms with Crippen molar-refractivity contribution in [3.8, 4) is 10.4 Å². The van der Waals surface area contributed by atoms with Crippen molar-refractivity contribution >= 4 is 51.8 Å². The number of imide groups is 1. The molecule has 6 rings (SSSR count). The lowest BCUT2D eigenvalue weighted by Gasteiger charge is -2.27. The topological polar surface area (TPSA) is 93.0 Å². The van der Waals surface area contributed by atoms with Crippen molar-refractivity contribution in [1.29, 1.82) is 0 Å². The Morgan fingerprint density at radius 1 is 0.838 bits per heavy atom. The van der Waals surface area contributed by atoms with Gasteiger partial charge in [0, 0.05) is 26.9 Å². The van der Waals surface area contributed by atoms with Gasteiger partial charge in [-0.1, -0.05) is 29.8 Å². The van der Waals surface area contributed by atoms with Crippen LogP contribution < -0.4 is 9.96 Å². The average molecular weight is 532 g/mol. The molecule has 3 aromatic carbocycles. The van der Waals surface area contributed by atoms with E-state index >= 15 is 0 Å². The highest BCUT2D eigenvalue weighted by atomic mass is 35.5. The Bertz CT molecular complexity index is 1510. The summed E-state index contributed by atoms with van der Waals surface area (Å²) in [5, 5.41) is 13.2. The number of thiophene rings is 1. The summed E-state index contributed by atoms with van der Waals surface area (Å²) in [6.07, 6.45) is -0.974. The lowest BCUT2D eigenvalue weighted by molar-refractivity contribution is -0.384. The third-order valence-electron chi connectivity index (χ3n) is 6.49. The lowest BCUT2D eigenvalue weighted by Crippen LogP contribution is -2.37. The highest BCUT2D eigenvalue weighted by molar-refractivity contribution is 7.15. The molecule has 4 aromatic rings. The van der Waals surface area contributed by atoms with Gasteiger partial charge in [0.05, 0.1) is 16.3 Å². The first-order valence-corrected chi connectivity index (χ1v) is 12.6. The molecule has 2 aliphatic heterocycles. The molecule has 37 heavy (non-hydrogen) atoms. The maximum Gasteiger partial charge on any atom is 0.269 e. The number of benzene rings is 3. The summed E-state index contributed by atoms with van der Waals surface area (Å²) < 4.78 is 0. The molecule has 184 valence electrons. The molecule has 0 bridgehead atoms. The van der Waals surface area contributed by atoms with Gasteiger partial charge in [0.1, 0.15) is 12.0 Å². The summed E-state index contributed by atoms with van der Waals surface area (Å²) in [5.41, 5.74) is 2.01. The summed E-state index contributed by atoms with van der Waals surface area (Å²) >= 11 is 7.46. The summed E-state index contributed by atoms with van der Waals surface area (Å²) in [7, 11) is 0. The second-order valence-corrected chi connectivity index (χ2v) is 10.2. The number of rotatable bonds is 5. The minimum absolute atomic E-state index is 0.0140. The van der Waals surface area contributed by atoms with E-state index < -0.39 is 28.9 Å². The monoisotopic (exact) mass is 531 g/mol. The summed E-state index contributed by atoms with van der Waals surface area (Å²) in [6.45, 7) is 0. The number of carbonyl (C=O) groups excluding carboxylic acids is 2. The Kier molecular flexibility index (Phi) is 5.75. The average Bonchev–Trinajstić information content (AvgIpc) is 3.61. The van der Waals surface area contributed by atoms with E-state index in [1.807, 2.05) is 42.5 Å². The third kappa shape index (κ3) is 3.97. The minimum atomic E-state index is -0.974. The number of hydrogen-bond acceptors (Lipinski definition) is 7. The van der Waals surface area contributed by atoms with E-state index in [9.17, 15) is 19.7 Å². The number of non-ortho nitro benzene ring substituents is 1. The number of nitro groups is 1. The standard InChI is InChI=1S/C27H18ClN3O5S/c28-17-8-12-18(13-9-17)29-26(32)23-24(30(36-25(23)27(29)33)19-4-2-1-3-5-19)22-15-14-21(37-22)16-6-10-20(11-7-16)31(34)35/h1-15,23-25H/t23-,24+,25-/m0/s1. The highest BCUT2D eigenvalue weighted by Crippen LogP contribution is 2.49. The van der Waals surface area contributed by atoms with Gasteiger partial charge in [-0.3, -0.25) is 24.5 Å². The van der Waals surface area contributed by atoms with Gasteiger partial charge in [-0.05, 0) is 66.2 Å². The molecule has 3 heterocycles. The summed E-state index contributed by atoms with van der Waals surface area (Å²) in [6, 6.07) is 25.5. The molecule has 0 spiro atoms. The largest absolute Gasteiger partial charge is 0.273 e. The van der Waals surface area contributed by atoms with Crippen LogP contribution in [0.3, 0.4) is 0 Å². The number of nitro benzene ring substituents is 1. The van der Waals surface area contributed by atoms with Gasteiger partial charge in [0.25, 0.3) is 11.6 Å². The fourth-order valence-corrected chi connectivity index (χ4v) is 6.03. The Balaban J connectivity index is 1.39. The van der Waals surface area contributed by atoms with Crippen molar-refractivity contribution in [3.05, 3.63) is 111 Å². The maximum absolute atomic E-state index is 13.7. The van der Waals surface area contributed by atoms with E-state index in [1.54, 1.807) is 41.5 Å². The molecule has 10 heteroatoms. The third-order valence-corrected chi connectivity index (χ3v) is 7.95.